The Hall–Kier alpha value is -2.30. The second-order valence-electron chi connectivity index (χ2n) is 7.87. The minimum absolute atomic E-state index is 0.155. The Bertz CT molecular complexity index is 1060. The quantitative estimate of drug-likeness (QED) is 0.604. The number of carbonyl (C=O) groups excluding carboxylic acids is 1. The number of halogens is 3. The number of benzene rings is 2. The van der Waals surface area contributed by atoms with Gasteiger partial charge >= 0.3 is 0 Å². The number of rotatable bonds is 4. The predicted octanol–water partition coefficient (Wildman–Crippen LogP) is 5.61. The Morgan fingerprint density at radius 2 is 1.66 bits per heavy atom. The molecule has 6 nitrogen and oxygen atoms in total. The van der Waals surface area contributed by atoms with Gasteiger partial charge in [0.1, 0.15) is 11.6 Å². The molecular formula is C23H22Cl3N5O. The van der Waals surface area contributed by atoms with E-state index in [2.05, 4.69) is 16.6 Å². The monoisotopic (exact) mass is 489 g/mol. The van der Waals surface area contributed by atoms with Crippen LogP contribution >= 0.6 is 34.8 Å². The van der Waals surface area contributed by atoms with E-state index in [1.807, 2.05) is 17.1 Å². The maximum Gasteiger partial charge on any atom is 0.283 e. The van der Waals surface area contributed by atoms with Crippen molar-refractivity contribution in [3.05, 3.63) is 63.1 Å². The summed E-state index contributed by atoms with van der Waals surface area (Å²) in [6.45, 7) is 1.56. The molecule has 2 aromatic rings. The first-order valence-electron chi connectivity index (χ1n) is 10.5. The molecule has 1 fully saturated rings. The molecule has 1 N–H and O–H groups in total. The van der Waals surface area contributed by atoms with Gasteiger partial charge in [-0.1, -0.05) is 59.8 Å². The third-order valence-electron chi connectivity index (χ3n) is 5.69. The van der Waals surface area contributed by atoms with Crippen molar-refractivity contribution < 1.29 is 4.79 Å². The van der Waals surface area contributed by atoms with Crippen LogP contribution in [0.1, 0.15) is 37.3 Å². The number of nitrogens with zero attached hydrogens (tertiary/aromatic N) is 4. The Kier molecular flexibility index (Phi) is 7.22. The van der Waals surface area contributed by atoms with E-state index in [4.69, 9.17) is 34.8 Å². The highest BCUT2D eigenvalue weighted by atomic mass is 35.5. The average molecular weight is 491 g/mol. The van der Waals surface area contributed by atoms with Gasteiger partial charge in [0.25, 0.3) is 5.91 Å². The van der Waals surface area contributed by atoms with Gasteiger partial charge < -0.3 is 0 Å². The highest BCUT2D eigenvalue weighted by Crippen LogP contribution is 2.42. The van der Waals surface area contributed by atoms with Gasteiger partial charge in [-0.15, -0.1) is 0 Å². The molecule has 0 unspecified atom stereocenters. The molecule has 2 atom stereocenters. The molecule has 2 heterocycles. The summed E-state index contributed by atoms with van der Waals surface area (Å²) in [4.78, 5) is 13.2. The van der Waals surface area contributed by atoms with Crippen LogP contribution in [0.2, 0.25) is 15.1 Å². The van der Waals surface area contributed by atoms with Crippen LogP contribution in [0.4, 0.5) is 5.69 Å². The standard InChI is InChI=1S/C23H22Cl3N5O/c24-16-7-5-15(6-8-16)22-18(14-27)21(23(32)29-30-11-3-1-2-4-12-30)28-31(22)20-10-9-17(25)13-19(20)26/h5-10,13,18,22H,1-4,11-12H2,(H,29,32)/t18-,22-/m1/s1. The minimum Gasteiger partial charge on any atom is -0.284 e. The summed E-state index contributed by atoms with van der Waals surface area (Å²) in [5, 5.41) is 19.7. The van der Waals surface area contributed by atoms with Crippen molar-refractivity contribution in [3.8, 4) is 6.07 Å². The fourth-order valence-corrected chi connectivity index (χ4v) is 4.72. The van der Waals surface area contributed by atoms with E-state index >= 15 is 0 Å². The number of anilines is 1. The van der Waals surface area contributed by atoms with E-state index in [0.29, 0.717) is 20.8 Å². The van der Waals surface area contributed by atoms with Crippen molar-refractivity contribution in [1.29, 1.82) is 5.26 Å². The molecule has 9 heteroatoms. The summed E-state index contributed by atoms with van der Waals surface area (Å²) in [6, 6.07) is 14.0. The van der Waals surface area contributed by atoms with Crippen LogP contribution in [0.25, 0.3) is 0 Å². The van der Waals surface area contributed by atoms with Crippen molar-refractivity contribution in [3.63, 3.8) is 0 Å². The maximum absolute atomic E-state index is 13.2. The molecule has 0 spiro atoms. The molecule has 32 heavy (non-hydrogen) atoms. The van der Waals surface area contributed by atoms with Gasteiger partial charge in [0.05, 0.1) is 22.8 Å². The zero-order valence-electron chi connectivity index (χ0n) is 17.3. The van der Waals surface area contributed by atoms with Crippen LogP contribution in [0.15, 0.2) is 47.6 Å². The summed E-state index contributed by atoms with van der Waals surface area (Å²) >= 11 is 18.6. The number of hydrazine groups is 1. The number of carbonyl (C=O) groups is 1. The van der Waals surface area contributed by atoms with Gasteiger partial charge in [-0.05, 0) is 48.7 Å². The number of hydrogen-bond donors (Lipinski definition) is 1. The van der Waals surface area contributed by atoms with E-state index < -0.39 is 12.0 Å². The van der Waals surface area contributed by atoms with E-state index in [1.165, 1.54) is 0 Å². The van der Waals surface area contributed by atoms with Crippen molar-refractivity contribution in [2.24, 2.45) is 11.0 Å². The van der Waals surface area contributed by atoms with E-state index in [1.54, 1.807) is 35.3 Å². The summed E-state index contributed by atoms with van der Waals surface area (Å²) in [7, 11) is 0. The van der Waals surface area contributed by atoms with Crippen molar-refractivity contribution in [1.82, 2.24) is 10.4 Å². The fourth-order valence-electron chi connectivity index (χ4n) is 4.10. The lowest BCUT2D eigenvalue weighted by Gasteiger charge is -2.26. The maximum atomic E-state index is 13.2. The topological polar surface area (TPSA) is 71.7 Å². The molecule has 0 aliphatic carbocycles. The molecule has 2 aliphatic rings. The fraction of sp³-hybridized carbons (Fsp3) is 0.348. The number of nitriles is 1. The first-order chi connectivity index (χ1) is 15.5. The second-order valence-corrected chi connectivity index (χ2v) is 9.15. The summed E-state index contributed by atoms with van der Waals surface area (Å²) in [5.41, 5.74) is 4.47. The van der Waals surface area contributed by atoms with Gasteiger partial charge in [-0.3, -0.25) is 15.2 Å². The Labute approximate surface area is 202 Å². The highest BCUT2D eigenvalue weighted by molar-refractivity contribution is 6.41. The van der Waals surface area contributed by atoms with E-state index in [9.17, 15) is 10.1 Å². The number of nitrogens with one attached hydrogen (secondary N) is 1. The Morgan fingerprint density at radius 1 is 1.00 bits per heavy atom. The molecule has 0 saturated carbocycles. The molecule has 166 valence electrons. The normalized spacial score (nSPS) is 21.6. The van der Waals surface area contributed by atoms with Crippen molar-refractivity contribution in [2.45, 2.75) is 31.7 Å². The first-order valence-corrected chi connectivity index (χ1v) is 11.6. The van der Waals surface area contributed by atoms with Gasteiger partial charge in [0, 0.05) is 23.1 Å². The van der Waals surface area contributed by atoms with Crippen molar-refractivity contribution >= 4 is 52.1 Å². The predicted molar refractivity (Wildman–Crippen MR) is 128 cm³/mol. The summed E-state index contributed by atoms with van der Waals surface area (Å²) in [6.07, 6.45) is 4.34. The van der Waals surface area contributed by atoms with E-state index in [0.717, 1.165) is 44.3 Å². The first kappa shape index (κ1) is 22.9. The van der Waals surface area contributed by atoms with Gasteiger partial charge in [-0.2, -0.15) is 10.4 Å². The van der Waals surface area contributed by atoms with Gasteiger partial charge in [0.2, 0.25) is 0 Å². The van der Waals surface area contributed by atoms with Crippen LogP contribution in [-0.4, -0.2) is 29.7 Å². The molecule has 2 aromatic carbocycles. The molecule has 0 radical (unpaired) electrons. The number of amides is 1. The van der Waals surface area contributed by atoms with Crippen molar-refractivity contribution in [2.75, 3.05) is 18.1 Å². The SMILES string of the molecule is N#C[C@@H]1C(C(=O)NN2CCCCCC2)=NN(c2ccc(Cl)cc2Cl)[C@@H]1c1ccc(Cl)cc1. The molecule has 1 amide bonds. The third kappa shape index (κ3) is 4.87. The minimum atomic E-state index is -0.796. The summed E-state index contributed by atoms with van der Waals surface area (Å²) in [5.74, 6) is -1.17. The van der Waals surface area contributed by atoms with Crippen LogP contribution in [-0.2, 0) is 4.79 Å². The van der Waals surface area contributed by atoms with E-state index in [-0.39, 0.29) is 11.6 Å². The Morgan fingerprint density at radius 3 is 2.28 bits per heavy atom. The molecule has 4 rings (SSSR count). The molecule has 0 bridgehead atoms. The second kappa shape index (κ2) is 10.1. The molecular weight excluding hydrogens is 469 g/mol. The zero-order chi connectivity index (χ0) is 22.7. The van der Waals surface area contributed by atoms with Gasteiger partial charge in [0.15, 0.2) is 0 Å². The highest BCUT2D eigenvalue weighted by Gasteiger charge is 2.43. The molecule has 2 aliphatic heterocycles. The number of hydrazone groups is 1. The third-order valence-corrected chi connectivity index (χ3v) is 6.48. The lowest BCUT2D eigenvalue weighted by atomic mass is 9.90. The lowest BCUT2D eigenvalue weighted by molar-refractivity contribution is -0.119. The zero-order valence-corrected chi connectivity index (χ0v) is 19.5. The molecule has 1 saturated heterocycles. The van der Waals surface area contributed by atoms with Crippen LogP contribution in [0.5, 0.6) is 0 Å². The lowest BCUT2D eigenvalue weighted by Crippen LogP contribution is -2.46. The number of hydrogen-bond acceptors (Lipinski definition) is 5. The summed E-state index contributed by atoms with van der Waals surface area (Å²) < 4.78 is 0. The van der Waals surface area contributed by atoms with Crippen LogP contribution in [0, 0.1) is 17.2 Å². The Balaban J connectivity index is 1.71. The van der Waals surface area contributed by atoms with Gasteiger partial charge in [-0.25, -0.2) is 5.01 Å². The van der Waals surface area contributed by atoms with Crippen LogP contribution in [0.3, 0.4) is 0 Å². The average Bonchev–Trinajstić information content (AvgIpc) is 2.96. The largest absolute Gasteiger partial charge is 0.284 e. The smallest absolute Gasteiger partial charge is 0.283 e. The van der Waals surface area contributed by atoms with Crippen LogP contribution < -0.4 is 10.4 Å². The molecule has 0 aromatic heterocycles.